The zero-order chi connectivity index (χ0) is 11.3. The molecule has 5 nitrogen and oxygen atoms in total. The average Bonchev–Trinajstić information content (AvgIpc) is 2.67. The van der Waals surface area contributed by atoms with Crippen molar-refractivity contribution in [1.82, 2.24) is 15.2 Å². The van der Waals surface area contributed by atoms with Crippen LogP contribution in [0.3, 0.4) is 0 Å². The number of H-pyrrole nitrogens is 1. The van der Waals surface area contributed by atoms with Crippen LogP contribution in [-0.4, -0.2) is 28.4 Å². The molecule has 1 aromatic heterocycles. The van der Waals surface area contributed by atoms with Gasteiger partial charge in [0.1, 0.15) is 12.2 Å². The number of hydrogen-bond donors (Lipinski definition) is 1. The fourth-order valence-corrected chi connectivity index (χ4v) is 1.31. The Morgan fingerprint density at radius 3 is 2.33 bits per heavy atom. The van der Waals surface area contributed by atoms with Crippen LogP contribution in [-0.2, 0) is 9.47 Å². The highest BCUT2D eigenvalue weighted by atomic mass is 16.5. The molecule has 1 rings (SSSR count). The van der Waals surface area contributed by atoms with Gasteiger partial charge in [-0.1, -0.05) is 0 Å². The normalized spacial score (nSPS) is 15.2. The second-order valence-corrected chi connectivity index (χ2v) is 3.27. The van der Waals surface area contributed by atoms with E-state index in [1.807, 2.05) is 27.7 Å². The molecule has 2 atom stereocenters. The Morgan fingerprint density at radius 2 is 1.73 bits per heavy atom. The van der Waals surface area contributed by atoms with Gasteiger partial charge in [-0.2, -0.15) is 5.10 Å². The predicted octanol–water partition coefficient (Wildman–Crippen LogP) is 2.00. The van der Waals surface area contributed by atoms with Crippen molar-refractivity contribution in [3.63, 3.8) is 0 Å². The number of aromatic nitrogens is 3. The van der Waals surface area contributed by atoms with Gasteiger partial charge in [0.2, 0.25) is 0 Å². The predicted molar refractivity (Wildman–Crippen MR) is 56.5 cm³/mol. The van der Waals surface area contributed by atoms with Gasteiger partial charge in [0.15, 0.2) is 11.6 Å². The summed E-state index contributed by atoms with van der Waals surface area (Å²) in [6.07, 6.45) is -0.126. The Labute approximate surface area is 90.2 Å². The maximum Gasteiger partial charge on any atom is 0.179 e. The fourth-order valence-electron chi connectivity index (χ4n) is 1.31. The summed E-state index contributed by atoms with van der Waals surface area (Å²) in [6.45, 7) is 9.11. The molecule has 0 spiro atoms. The monoisotopic (exact) mass is 213 g/mol. The van der Waals surface area contributed by atoms with Gasteiger partial charge in [-0.15, -0.1) is 0 Å². The zero-order valence-corrected chi connectivity index (χ0v) is 9.78. The van der Waals surface area contributed by atoms with Crippen molar-refractivity contribution < 1.29 is 9.47 Å². The fraction of sp³-hybridized carbons (Fsp3) is 0.800. The molecule has 0 amide bonds. The van der Waals surface area contributed by atoms with Gasteiger partial charge < -0.3 is 9.47 Å². The molecular weight excluding hydrogens is 194 g/mol. The molecule has 5 heteroatoms. The molecule has 0 radical (unpaired) electrons. The van der Waals surface area contributed by atoms with Crippen LogP contribution in [0.4, 0.5) is 0 Å². The number of nitrogens with one attached hydrogen (secondary N) is 1. The molecule has 0 saturated carbocycles. The lowest BCUT2D eigenvalue weighted by atomic mass is 10.3. The molecule has 0 aromatic carbocycles. The number of ether oxygens (including phenoxy) is 2. The molecule has 1 N–H and O–H groups in total. The third-order valence-electron chi connectivity index (χ3n) is 2.10. The largest absolute Gasteiger partial charge is 0.371 e. The molecule has 0 bridgehead atoms. The van der Waals surface area contributed by atoms with E-state index in [0.717, 1.165) is 5.82 Å². The molecule has 1 heterocycles. The summed E-state index contributed by atoms with van der Waals surface area (Å²) < 4.78 is 10.8. The van der Waals surface area contributed by atoms with Crippen molar-refractivity contribution in [2.75, 3.05) is 13.2 Å². The Morgan fingerprint density at radius 1 is 1.13 bits per heavy atom. The van der Waals surface area contributed by atoms with E-state index >= 15 is 0 Å². The molecule has 15 heavy (non-hydrogen) atoms. The second-order valence-electron chi connectivity index (χ2n) is 3.27. The van der Waals surface area contributed by atoms with E-state index in [-0.39, 0.29) is 12.2 Å². The summed E-state index contributed by atoms with van der Waals surface area (Å²) in [5.74, 6) is 1.43. The van der Waals surface area contributed by atoms with Crippen molar-refractivity contribution in [3.05, 3.63) is 11.6 Å². The van der Waals surface area contributed by atoms with Crippen molar-refractivity contribution >= 4 is 0 Å². The van der Waals surface area contributed by atoms with Crippen LogP contribution in [0.15, 0.2) is 0 Å². The van der Waals surface area contributed by atoms with Gasteiger partial charge in [0.25, 0.3) is 0 Å². The minimum absolute atomic E-state index is 0.0509. The minimum atomic E-state index is -0.0752. The highest BCUT2D eigenvalue weighted by Gasteiger charge is 2.15. The smallest absolute Gasteiger partial charge is 0.179 e. The van der Waals surface area contributed by atoms with E-state index in [1.165, 1.54) is 0 Å². The summed E-state index contributed by atoms with van der Waals surface area (Å²) in [6, 6.07) is 0. The summed E-state index contributed by atoms with van der Waals surface area (Å²) in [5, 5.41) is 6.96. The lowest BCUT2D eigenvalue weighted by molar-refractivity contribution is 0.0660. The third kappa shape index (κ3) is 3.28. The van der Waals surface area contributed by atoms with Crippen molar-refractivity contribution in [3.8, 4) is 0 Å². The summed E-state index contributed by atoms with van der Waals surface area (Å²) in [4.78, 5) is 4.33. The van der Waals surface area contributed by atoms with Crippen LogP contribution in [0.5, 0.6) is 0 Å². The molecule has 86 valence electrons. The van der Waals surface area contributed by atoms with Gasteiger partial charge in [-0.3, -0.25) is 5.10 Å². The van der Waals surface area contributed by atoms with Gasteiger partial charge in [-0.05, 0) is 27.7 Å². The summed E-state index contributed by atoms with van der Waals surface area (Å²) >= 11 is 0. The Hall–Kier alpha value is -0.940. The lowest BCUT2D eigenvalue weighted by Gasteiger charge is -2.07. The van der Waals surface area contributed by atoms with Crippen molar-refractivity contribution in [2.45, 2.75) is 39.9 Å². The molecule has 0 aliphatic carbocycles. The van der Waals surface area contributed by atoms with Crippen LogP contribution in [0.25, 0.3) is 0 Å². The van der Waals surface area contributed by atoms with E-state index in [2.05, 4.69) is 15.2 Å². The Bertz CT molecular complexity index is 261. The number of rotatable bonds is 6. The van der Waals surface area contributed by atoms with Crippen molar-refractivity contribution in [1.29, 1.82) is 0 Å². The van der Waals surface area contributed by atoms with Crippen LogP contribution >= 0.6 is 0 Å². The van der Waals surface area contributed by atoms with Crippen LogP contribution < -0.4 is 0 Å². The number of nitrogens with zero attached hydrogens (tertiary/aromatic N) is 2. The minimum Gasteiger partial charge on any atom is -0.371 e. The molecule has 1 aromatic rings. The molecule has 0 saturated heterocycles. The van der Waals surface area contributed by atoms with Crippen LogP contribution in [0.1, 0.15) is 51.6 Å². The Kier molecular flexibility index (Phi) is 4.71. The maximum absolute atomic E-state index is 5.41. The first-order valence-electron chi connectivity index (χ1n) is 5.34. The van der Waals surface area contributed by atoms with Gasteiger partial charge in [0.05, 0.1) is 0 Å². The molecular formula is C10H19N3O2. The SMILES string of the molecule is CCOC(C)c1n[nH]c(C(C)OCC)n1. The quantitative estimate of drug-likeness (QED) is 0.785. The zero-order valence-electron chi connectivity index (χ0n) is 9.78. The summed E-state index contributed by atoms with van der Waals surface area (Å²) in [5.41, 5.74) is 0. The standard InChI is InChI=1S/C10H19N3O2/c1-5-14-7(3)9-11-10(13-12-9)8(4)15-6-2/h7-8H,5-6H2,1-4H3,(H,11,12,13). The highest BCUT2D eigenvalue weighted by molar-refractivity contribution is 4.95. The average molecular weight is 213 g/mol. The van der Waals surface area contributed by atoms with E-state index in [0.29, 0.717) is 19.0 Å². The summed E-state index contributed by atoms with van der Waals surface area (Å²) in [7, 11) is 0. The highest BCUT2D eigenvalue weighted by Crippen LogP contribution is 2.16. The number of aromatic amines is 1. The lowest BCUT2D eigenvalue weighted by Crippen LogP contribution is -2.03. The van der Waals surface area contributed by atoms with Crippen LogP contribution in [0.2, 0.25) is 0 Å². The molecule has 0 fully saturated rings. The van der Waals surface area contributed by atoms with E-state index in [1.54, 1.807) is 0 Å². The first-order valence-corrected chi connectivity index (χ1v) is 5.34. The molecule has 0 aliphatic heterocycles. The van der Waals surface area contributed by atoms with Crippen molar-refractivity contribution in [2.24, 2.45) is 0 Å². The Balaban J connectivity index is 2.62. The van der Waals surface area contributed by atoms with E-state index in [4.69, 9.17) is 9.47 Å². The molecule has 0 aliphatic rings. The van der Waals surface area contributed by atoms with E-state index < -0.39 is 0 Å². The first-order chi connectivity index (χ1) is 7.19. The van der Waals surface area contributed by atoms with Gasteiger partial charge >= 0.3 is 0 Å². The van der Waals surface area contributed by atoms with Crippen LogP contribution in [0, 0.1) is 0 Å². The van der Waals surface area contributed by atoms with Gasteiger partial charge in [-0.25, -0.2) is 4.98 Å². The first kappa shape index (κ1) is 12.1. The molecule has 2 unspecified atom stereocenters. The third-order valence-corrected chi connectivity index (χ3v) is 2.10. The van der Waals surface area contributed by atoms with E-state index in [9.17, 15) is 0 Å². The number of hydrogen-bond acceptors (Lipinski definition) is 4. The maximum atomic E-state index is 5.41. The topological polar surface area (TPSA) is 60.0 Å². The van der Waals surface area contributed by atoms with Gasteiger partial charge in [0, 0.05) is 13.2 Å². The second kappa shape index (κ2) is 5.82.